The van der Waals surface area contributed by atoms with Crippen LogP contribution in [0.2, 0.25) is 0 Å². The largest absolute Gasteiger partial charge is 0.353 e. The summed E-state index contributed by atoms with van der Waals surface area (Å²) in [6, 6.07) is 11.2. The first-order valence-electron chi connectivity index (χ1n) is 7.60. The molecule has 1 unspecified atom stereocenters. The summed E-state index contributed by atoms with van der Waals surface area (Å²) in [6.45, 7) is 0.830. The number of Topliss-reactive ketones (excluding diaryl/α,β-unsaturated/α-hetero) is 1. The molecule has 5 nitrogen and oxygen atoms in total. The van der Waals surface area contributed by atoms with E-state index in [0.717, 1.165) is 25.1 Å². The number of amides is 1. The maximum absolute atomic E-state index is 12.0. The summed E-state index contributed by atoms with van der Waals surface area (Å²) in [6.07, 6.45) is 3.97. The van der Waals surface area contributed by atoms with Gasteiger partial charge in [-0.2, -0.15) is 5.10 Å². The molecular formula is C17H19N3O2. The number of rotatable bonds is 5. The molecule has 1 aliphatic rings. The first kappa shape index (κ1) is 14.5. The van der Waals surface area contributed by atoms with Gasteiger partial charge in [0.05, 0.1) is 0 Å². The molecule has 3 rings (SSSR count). The van der Waals surface area contributed by atoms with Crippen molar-refractivity contribution in [1.29, 1.82) is 0 Å². The van der Waals surface area contributed by atoms with Crippen molar-refractivity contribution in [2.45, 2.75) is 38.3 Å². The number of nitrogens with one attached hydrogen (secondary N) is 1. The second-order valence-electron chi connectivity index (χ2n) is 5.59. The fraction of sp³-hybridized carbons (Fsp3) is 0.353. The second kappa shape index (κ2) is 6.56. The Balaban J connectivity index is 1.46. The Bertz CT molecular complexity index is 664. The number of fused-ring (bicyclic) bond motifs is 1. The third kappa shape index (κ3) is 3.42. The lowest BCUT2D eigenvalue weighted by molar-refractivity contribution is -0.121. The second-order valence-corrected chi connectivity index (χ2v) is 5.59. The van der Waals surface area contributed by atoms with Gasteiger partial charge in [0.25, 0.3) is 0 Å². The van der Waals surface area contributed by atoms with Crippen LogP contribution in [0, 0.1) is 0 Å². The number of hydrogen-bond acceptors (Lipinski definition) is 3. The van der Waals surface area contributed by atoms with Gasteiger partial charge in [-0.1, -0.05) is 30.3 Å². The van der Waals surface area contributed by atoms with E-state index in [0.29, 0.717) is 5.56 Å². The van der Waals surface area contributed by atoms with Gasteiger partial charge in [-0.05, 0) is 12.5 Å². The van der Waals surface area contributed by atoms with Crippen molar-refractivity contribution in [3.05, 3.63) is 53.9 Å². The molecule has 1 N–H and O–H groups in total. The number of aryl methyl sites for hydroxylation is 1. The molecule has 5 heteroatoms. The zero-order chi connectivity index (χ0) is 15.4. The topological polar surface area (TPSA) is 64.0 Å². The minimum absolute atomic E-state index is 0.0115. The SMILES string of the molecule is O=C(CCC(=O)c1ccccc1)NC1CCn2nccc2C1. The molecule has 22 heavy (non-hydrogen) atoms. The van der Waals surface area contributed by atoms with Crippen molar-refractivity contribution in [2.75, 3.05) is 0 Å². The number of benzene rings is 1. The fourth-order valence-electron chi connectivity index (χ4n) is 2.79. The summed E-state index contributed by atoms with van der Waals surface area (Å²) >= 11 is 0. The Morgan fingerprint density at radius 1 is 1.18 bits per heavy atom. The van der Waals surface area contributed by atoms with Gasteiger partial charge in [0.15, 0.2) is 5.78 Å². The molecule has 1 aromatic carbocycles. The highest BCUT2D eigenvalue weighted by atomic mass is 16.2. The quantitative estimate of drug-likeness (QED) is 0.858. The maximum atomic E-state index is 12.0. The average Bonchev–Trinajstić information content (AvgIpc) is 3.01. The standard InChI is InChI=1S/C17H19N3O2/c21-16(13-4-2-1-3-5-13)6-7-17(22)19-14-9-11-20-15(12-14)8-10-18-20/h1-5,8,10,14H,6-7,9,11-12H2,(H,19,22). The lowest BCUT2D eigenvalue weighted by atomic mass is 10.0. The van der Waals surface area contributed by atoms with Crippen LogP contribution in [-0.2, 0) is 17.8 Å². The van der Waals surface area contributed by atoms with Crippen molar-refractivity contribution in [2.24, 2.45) is 0 Å². The third-order valence-electron chi connectivity index (χ3n) is 3.99. The van der Waals surface area contributed by atoms with Crippen LogP contribution in [0.1, 0.15) is 35.3 Å². The highest BCUT2D eigenvalue weighted by Gasteiger charge is 2.20. The number of carbonyl (C=O) groups excluding carboxylic acids is 2. The predicted molar refractivity (Wildman–Crippen MR) is 82.5 cm³/mol. The van der Waals surface area contributed by atoms with Crippen LogP contribution >= 0.6 is 0 Å². The molecule has 0 radical (unpaired) electrons. The molecule has 0 saturated heterocycles. The van der Waals surface area contributed by atoms with Crippen molar-refractivity contribution in [3.63, 3.8) is 0 Å². The predicted octanol–water partition coefficient (Wildman–Crippen LogP) is 1.98. The summed E-state index contributed by atoms with van der Waals surface area (Å²) < 4.78 is 1.97. The Labute approximate surface area is 129 Å². The van der Waals surface area contributed by atoms with Gasteiger partial charge in [-0.15, -0.1) is 0 Å². The van der Waals surface area contributed by atoms with Crippen LogP contribution in [0.4, 0.5) is 0 Å². The molecular weight excluding hydrogens is 278 g/mol. The summed E-state index contributed by atoms with van der Waals surface area (Å²) in [5.74, 6) is -0.0419. The van der Waals surface area contributed by atoms with E-state index in [-0.39, 0.29) is 30.6 Å². The van der Waals surface area contributed by atoms with Crippen LogP contribution in [0.25, 0.3) is 0 Å². The minimum Gasteiger partial charge on any atom is -0.353 e. The van der Waals surface area contributed by atoms with E-state index in [2.05, 4.69) is 10.4 Å². The molecule has 0 saturated carbocycles. The van der Waals surface area contributed by atoms with Gasteiger partial charge < -0.3 is 5.32 Å². The molecule has 114 valence electrons. The summed E-state index contributed by atoms with van der Waals surface area (Å²) in [5, 5.41) is 7.25. The molecule has 1 amide bonds. The zero-order valence-electron chi connectivity index (χ0n) is 12.4. The smallest absolute Gasteiger partial charge is 0.220 e. The summed E-state index contributed by atoms with van der Waals surface area (Å²) in [5.41, 5.74) is 1.81. The van der Waals surface area contributed by atoms with Crippen molar-refractivity contribution in [3.8, 4) is 0 Å². The number of hydrogen-bond donors (Lipinski definition) is 1. The van der Waals surface area contributed by atoms with Crippen LogP contribution in [0.5, 0.6) is 0 Å². The van der Waals surface area contributed by atoms with E-state index in [4.69, 9.17) is 0 Å². The van der Waals surface area contributed by atoms with Crippen molar-refractivity contribution >= 4 is 11.7 Å². The number of ketones is 1. The number of aromatic nitrogens is 2. The Morgan fingerprint density at radius 3 is 2.82 bits per heavy atom. The molecule has 1 atom stereocenters. The third-order valence-corrected chi connectivity index (χ3v) is 3.99. The molecule has 0 fully saturated rings. The summed E-state index contributed by atoms with van der Waals surface area (Å²) in [7, 11) is 0. The maximum Gasteiger partial charge on any atom is 0.220 e. The number of carbonyl (C=O) groups is 2. The van der Waals surface area contributed by atoms with E-state index >= 15 is 0 Å². The first-order valence-corrected chi connectivity index (χ1v) is 7.60. The van der Waals surface area contributed by atoms with Crippen LogP contribution in [0.3, 0.4) is 0 Å². The molecule has 0 bridgehead atoms. The van der Waals surface area contributed by atoms with E-state index in [9.17, 15) is 9.59 Å². The minimum atomic E-state index is -0.0535. The van der Waals surface area contributed by atoms with Gasteiger partial charge in [-0.3, -0.25) is 14.3 Å². The Morgan fingerprint density at radius 2 is 2.00 bits per heavy atom. The molecule has 0 aliphatic carbocycles. The van der Waals surface area contributed by atoms with Crippen molar-refractivity contribution < 1.29 is 9.59 Å². The fourth-order valence-corrected chi connectivity index (χ4v) is 2.79. The van der Waals surface area contributed by atoms with E-state index < -0.39 is 0 Å². The van der Waals surface area contributed by atoms with Gasteiger partial charge in [0.2, 0.25) is 5.91 Å². The average molecular weight is 297 g/mol. The van der Waals surface area contributed by atoms with E-state index in [1.807, 2.05) is 28.9 Å². The first-order chi connectivity index (χ1) is 10.7. The highest BCUT2D eigenvalue weighted by Crippen LogP contribution is 2.14. The normalized spacial score (nSPS) is 16.8. The monoisotopic (exact) mass is 297 g/mol. The van der Waals surface area contributed by atoms with Crippen LogP contribution in [-0.4, -0.2) is 27.5 Å². The van der Waals surface area contributed by atoms with Crippen LogP contribution < -0.4 is 5.32 Å². The lowest BCUT2D eigenvalue weighted by Crippen LogP contribution is -2.40. The Hall–Kier alpha value is -2.43. The van der Waals surface area contributed by atoms with Gasteiger partial charge in [-0.25, -0.2) is 0 Å². The summed E-state index contributed by atoms with van der Waals surface area (Å²) in [4.78, 5) is 24.0. The lowest BCUT2D eigenvalue weighted by Gasteiger charge is -2.24. The Kier molecular flexibility index (Phi) is 4.32. The van der Waals surface area contributed by atoms with Gasteiger partial charge >= 0.3 is 0 Å². The van der Waals surface area contributed by atoms with E-state index in [1.165, 1.54) is 0 Å². The van der Waals surface area contributed by atoms with E-state index in [1.54, 1.807) is 18.3 Å². The number of nitrogens with zero attached hydrogens (tertiary/aromatic N) is 2. The van der Waals surface area contributed by atoms with Crippen molar-refractivity contribution in [1.82, 2.24) is 15.1 Å². The molecule has 0 spiro atoms. The van der Waals surface area contributed by atoms with Gasteiger partial charge in [0, 0.05) is 49.3 Å². The molecule has 1 aliphatic heterocycles. The zero-order valence-corrected chi connectivity index (χ0v) is 12.4. The molecule has 2 heterocycles. The molecule has 1 aromatic heterocycles. The van der Waals surface area contributed by atoms with Crippen LogP contribution in [0.15, 0.2) is 42.6 Å². The van der Waals surface area contributed by atoms with Gasteiger partial charge in [0.1, 0.15) is 0 Å². The highest BCUT2D eigenvalue weighted by molar-refractivity contribution is 5.97. The molecule has 2 aromatic rings.